The van der Waals surface area contributed by atoms with Crippen LogP contribution in [0, 0.1) is 11.3 Å². The van der Waals surface area contributed by atoms with E-state index in [0.29, 0.717) is 41.9 Å². The van der Waals surface area contributed by atoms with Crippen LogP contribution in [0.1, 0.15) is 43.3 Å². The molecule has 0 aliphatic heterocycles. The topological polar surface area (TPSA) is 86.2 Å². The number of rotatable bonds is 14. The second-order valence-corrected chi connectivity index (χ2v) is 11.4. The van der Waals surface area contributed by atoms with Gasteiger partial charge in [-0.25, -0.2) is 4.98 Å². The number of oxazole rings is 1. The second kappa shape index (κ2) is 13.0. The number of thioether (sulfide) groups is 2. The molecule has 1 aromatic heterocycles. The van der Waals surface area contributed by atoms with Crippen LogP contribution in [0.3, 0.4) is 0 Å². The second-order valence-electron chi connectivity index (χ2n) is 9.04. The molecule has 0 aliphatic rings. The molecule has 1 heterocycles. The van der Waals surface area contributed by atoms with Gasteiger partial charge in [-0.2, -0.15) is 0 Å². The lowest BCUT2D eigenvalue weighted by molar-refractivity contribution is -0.130. The number of nitrogens with two attached hydrogens (primary N) is 1. The SMILES string of the molecule is CCC[C@H](C(=O)c1nc2ccccc2o1)C(CCSc1ccccc1)(CCSc1ccccc1)C(N)=O. The summed E-state index contributed by atoms with van der Waals surface area (Å²) in [5, 5.41) is 0. The first kappa shape index (κ1) is 27.0. The van der Waals surface area contributed by atoms with Gasteiger partial charge in [0, 0.05) is 15.7 Å². The Balaban J connectivity index is 1.64. The van der Waals surface area contributed by atoms with Crippen molar-refractivity contribution in [3.05, 3.63) is 90.8 Å². The monoisotopic (exact) mass is 532 g/mol. The maximum atomic E-state index is 13.9. The average molecular weight is 533 g/mol. The Morgan fingerprint density at radius 1 is 0.865 bits per heavy atom. The van der Waals surface area contributed by atoms with Crippen LogP contribution in [-0.2, 0) is 4.79 Å². The maximum absolute atomic E-state index is 13.9. The van der Waals surface area contributed by atoms with Gasteiger partial charge in [0.05, 0.1) is 5.41 Å². The molecule has 2 N–H and O–H groups in total. The van der Waals surface area contributed by atoms with Gasteiger partial charge < -0.3 is 10.2 Å². The minimum Gasteiger partial charge on any atom is -0.434 e. The number of primary amides is 1. The van der Waals surface area contributed by atoms with Gasteiger partial charge >= 0.3 is 0 Å². The molecule has 0 spiro atoms. The van der Waals surface area contributed by atoms with Gasteiger partial charge in [-0.3, -0.25) is 9.59 Å². The Bertz CT molecular complexity index is 1230. The van der Waals surface area contributed by atoms with E-state index in [4.69, 9.17) is 10.2 Å². The Labute approximate surface area is 226 Å². The summed E-state index contributed by atoms with van der Waals surface area (Å²) in [4.78, 5) is 34.0. The summed E-state index contributed by atoms with van der Waals surface area (Å²) in [5.74, 6) is 0.102. The summed E-state index contributed by atoms with van der Waals surface area (Å²) in [5.41, 5.74) is 6.37. The van der Waals surface area contributed by atoms with Crippen molar-refractivity contribution in [3.63, 3.8) is 0 Å². The Morgan fingerprint density at radius 2 is 1.41 bits per heavy atom. The molecule has 0 saturated carbocycles. The average Bonchev–Trinajstić information content (AvgIpc) is 3.36. The van der Waals surface area contributed by atoms with Gasteiger partial charge in [0.25, 0.3) is 5.89 Å². The van der Waals surface area contributed by atoms with Crippen molar-refractivity contribution >= 4 is 46.3 Å². The van der Waals surface area contributed by atoms with E-state index in [1.807, 2.05) is 61.5 Å². The molecule has 1 atom stereocenters. The van der Waals surface area contributed by atoms with Crippen molar-refractivity contribution in [2.24, 2.45) is 17.1 Å². The van der Waals surface area contributed by atoms with Crippen LogP contribution in [0.5, 0.6) is 0 Å². The normalized spacial score (nSPS) is 12.5. The number of Topliss-reactive ketones (excluding diaryl/α,β-unsaturated/α-hetero) is 1. The van der Waals surface area contributed by atoms with Crippen LogP contribution in [0.15, 0.2) is 99.1 Å². The number of amides is 1. The number of hydrogen-bond acceptors (Lipinski definition) is 6. The van der Waals surface area contributed by atoms with E-state index in [0.717, 1.165) is 16.2 Å². The summed E-state index contributed by atoms with van der Waals surface area (Å²) in [6, 6.07) is 27.5. The van der Waals surface area contributed by atoms with Gasteiger partial charge in [0.1, 0.15) is 5.52 Å². The molecule has 7 heteroatoms. The van der Waals surface area contributed by atoms with Crippen molar-refractivity contribution in [1.82, 2.24) is 4.98 Å². The molecule has 3 aromatic carbocycles. The van der Waals surface area contributed by atoms with Crippen LogP contribution < -0.4 is 5.73 Å². The van der Waals surface area contributed by atoms with Crippen molar-refractivity contribution in [2.45, 2.75) is 42.4 Å². The lowest BCUT2D eigenvalue weighted by Gasteiger charge is -2.37. The number of hydrogen-bond donors (Lipinski definition) is 1. The van der Waals surface area contributed by atoms with Crippen LogP contribution in [0.25, 0.3) is 11.1 Å². The molecular weight excluding hydrogens is 500 g/mol. The highest BCUT2D eigenvalue weighted by atomic mass is 32.2. The minimum absolute atomic E-state index is 0.0525. The Hall–Kier alpha value is -3.03. The molecule has 0 fully saturated rings. The van der Waals surface area contributed by atoms with Gasteiger partial charge in [0.2, 0.25) is 11.7 Å². The molecule has 37 heavy (non-hydrogen) atoms. The minimum atomic E-state index is -1.02. The number of aromatic nitrogens is 1. The summed E-state index contributed by atoms with van der Waals surface area (Å²) >= 11 is 3.35. The fourth-order valence-corrected chi connectivity index (χ4v) is 6.80. The van der Waals surface area contributed by atoms with Crippen LogP contribution in [0.4, 0.5) is 0 Å². The number of carbonyl (C=O) groups is 2. The highest BCUT2D eigenvalue weighted by molar-refractivity contribution is 7.99. The largest absolute Gasteiger partial charge is 0.434 e. The van der Waals surface area contributed by atoms with Crippen molar-refractivity contribution < 1.29 is 14.0 Å². The first-order valence-corrected chi connectivity index (χ1v) is 14.6. The third-order valence-electron chi connectivity index (χ3n) is 6.68. The standard InChI is InChI=1S/C30H32N2O3S2/c1-2-11-24(27(33)28-32-25-16-9-10-17-26(25)35-28)30(29(31)34,18-20-36-22-12-5-3-6-13-22)19-21-37-23-14-7-4-8-15-23/h3-10,12-17,24H,2,11,18-21H2,1H3,(H2,31,34)/t24-/m1/s1. The zero-order valence-electron chi connectivity index (χ0n) is 21.0. The van der Waals surface area contributed by atoms with Gasteiger partial charge in [-0.05, 0) is 67.2 Å². The van der Waals surface area contributed by atoms with E-state index in [9.17, 15) is 9.59 Å². The molecule has 4 aromatic rings. The fraction of sp³-hybridized carbons (Fsp3) is 0.300. The summed E-state index contributed by atoms with van der Waals surface area (Å²) in [6.07, 6.45) is 2.26. The predicted molar refractivity (Wildman–Crippen MR) is 152 cm³/mol. The molecule has 4 rings (SSSR count). The maximum Gasteiger partial charge on any atom is 0.264 e. The first-order valence-electron chi connectivity index (χ1n) is 12.6. The van der Waals surface area contributed by atoms with Gasteiger partial charge in [-0.1, -0.05) is 61.9 Å². The third-order valence-corrected chi connectivity index (χ3v) is 8.70. The lowest BCUT2D eigenvalue weighted by atomic mass is 9.67. The van der Waals surface area contributed by atoms with Gasteiger partial charge in [0.15, 0.2) is 5.58 Å². The lowest BCUT2D eigenvalue weighted by Crippen LogP contribution is -2.47. The fourth-order valence-electron chi connectivity index (χ4n) is 4.70. The summed E-state index contributed by atoms with van der Waals surface area (Å²) < 4.78 is 5.86. The van der Waals surface area contributed by atoms with Gasteiger partial charge in [-0.15, -0.1) is 23.5 Å². The van der Waals surface area contributed by atoms with E-state index in [1.54, 1.807) is 29.6 Å². The van der Waals surface area contributed by atoms with Crippen LogP contribution in [-0.4, -0.2) is 28.2 Å². The number of benzene rings is 3. The predicted octanol–water partition coefficient (Wildman–Crippen LogP) is 7.26. The zero-order chi connectivity index (χ0) is 26.1. The molecule has 0 unspecified atom stereocenters. The molecule has 0 saturated heterocycles. The molecular formula is C30H32N2O3S2. The number of para-hydroxylation sites is 2. The molecule has 0 bridgehead atoms. The highest BCUT2D eigenvalue weighted by Crippen LogP contribution is 2.43. The molecule has 1 amide bonds. The molecule has 192 valence electrons. The number of ketones is 1. The third kappa shape index (κ3) is 6.65. The zero-order valence-corrected chi connectivity index (χ0v) is 22.6. The molecule has 5 nitrogen and oxygen atoms in total. The van der Waals surface area contributed by atoms with E-state index < -0.39 is 17.2 Å². The summed E-state index contributed by atoms with van der Waals surface area (Å²) in [6.45, 7) is 2.02. The van der Waals surface area contributed by atoms with Crippen LogP contribution >= 0.6 is 23.5 Å². The smallest absolute Gasteiger partial charge is 0.264 e. The quantitative estimate of drug-likeness (QED) is 0.136. The molecule has 0 radical (unpaired) electrons. The number of nitrogens with zero attached hydrogens (tertiary/aromatic N) is 1. The Morgan fingerprint density at radius 3 is 1.92 bits per heavy atom. The number of carbonyl (C=O) groups excluding carboxylic acids is 2. The number of fused-ring (bicyclic) bond motifs is 1. The van der Waals surface area contributed by atoms with Crippen molar-refractivity contribution in [1.29, 1.82) is 0 Å². The van der Waals surface area contributed by atoms with Crippen LogP contribution in [0.2, 0.25) is 0 Å². The van der Waals surface area contributed by atoms with E-state index in [1.165, 1.54) is 0 Å². The molecule has 0 aliphatic carbocycles. The van der Waals surface area contributed by atoms with Crippen molar-refractivity contribution in [3.8, 4) is 0 Å². The van der Waals surface area contributed by atoms with Crippen molar-refractivity contribution in [2.75, 3.05) is 11.5 Å². The highest BCUT2D eigenvalue weighted by Gasteiger charge is 2.48. The summed E-state index contributed by atoms with van der Waals surface area (Å²) in [7, 11) is 0. The van der Waals surface area contributed by atoms with E-state index in [-0.39, 0.29) is 11.7 Å². The van der Waals surface area contributed by atoms with E-state index >= 15 is 0 Å². The Kier molecular flexibility index (Phi) is 9.47. The first-order chi connectivity index (χ1) is 18.0. The van der Waals surface area contributed by atoms with E-state index in [2.05, 4.69) is 29.2 Å².